The van der Waals surface area contributed by atoms with Crippen LogP contribution in [0.1, 0.15) is 12.8 Å². The van der Waals surface area contributed by atoms with Gasteiger partial charge in [0, 0.05) is 12.2 Å². The molecule has 6 nitrogen and oxygen atoms in total. The van der Waals surface area contributed by atoms with Gasteiger partial charge in [0.1, 0.15) is 6.54 Å². The van der Waals surface area contributed by atoms with Gasteiger partial charge in [-0.15, -0.1) is 0 Å². The number of para-hydroxylation sites is 1. The molecule has 1 saturated heterocycles. The van der Waals surface area contributed by atoms with E-state index in [1.165, 1.54) is 5.06 Å². The second-order valence-electron chi connectivity index (χ2n) is 4.21. The maximum atomic E-state index is 11.7. The Hall–Kier alpha value is -2.08. The summed E-state index contributed by atoms with van der Waals surface area (Å²) in [4.78, 5) is 28.5. The zero-order valence-corrected chi connectivity index (χ0v) is 10.6. The number of carbonyl (C=O) groups excluding carboxylic acids is 2. The summed E-state index contributed by atoms with van der Waals surface area (Å²) >= 11 is 0. The molecule has 1 fully saturated rings. The minimum atomic E-state index is -0.406. The van der Waals surface area contributed by atoms with Gasteiger partial charge >= 0.3 is 6.03 Å². The van der Waals surface area contributed by atoms with Crippen LogP contribution in [0.4, 0.5) is 10.5 Å². The molecule has 0 saturated carbocycles. The Bertz CT molecular complexity index is 430. The topological polar surface area (TPSA) is 70.7 Å². The summed E-state index contributed by atoms with van der Waals surface area (Å²) in [5.74, 6) is -0.233. The number of nitrogens with one attached hydrogen (secondary N) is 2. The van der Waals surface area contributed by atoms with Crippen molar-refractivity contribution < 1.29 is 14.4 Å². The van der Waals surface area contributed by atoms with Gasteiger partial charge in [0.2, 0.25) is 0 Å². The first-order valence-corrected chi connectivity index (χ1v) is 6.29. The van der Waals surface area contributed by atoms with Crippen molar-refractivity contribution in [2.75, 3.05) is 25.0 Å². The van der Waals surface area contributed by atoms with Crippen LogP contribution in [0.3, 0.4) is 0 Å². The molecular weight excluding hydrogens is 246 g/mol. The van der Waals surface area contributed by atoms with Crippen molar-refractivity contribution in [1.82, 2.24) is 10.4 Å². The second-order valence-corrected chi connectivity index (χ2v) is 4.21. The molecule has 0 bridgehead atoms. The first kappa shape index (κ1) is 13.4. The van der Waals surface area contributed by atoms with Gasteiger partial charge in [-0.05, 0) is 25.0 Å². The Balaban J connectivity index is 1.72. The van der Waals surface area contributed by atoms with Gasteiger partial charge in [-0.2, -0.15) is 0 Å². The molecule has 0 radical (unpaired) electrons. The van der Waals surface area contributed by atoms with E-state index in [1.807, 2.05) is 18.2 Å². The predicted molar refractivity (Wildman–Crippen MR) is 70.4 cm³/mol. The van der Waals surface area contributed by atoms with Crippen LogP contribution >= 0.6 is 0 Å². The first-order chi connectivity index (χ1) is 9.25. The lowest BCUT2D eigenvalue weighted by Gasteiger charge is -2.25. The average molecular weight is 263 g/mol. The number of hydroxylamine groups is 2. The quantitative estimate of drug-likeness (QED) is 0.865. The third-order valence-corrected chi connectivity index (χ3v) is 2.71. The highest BCUT2D eigenvalue weighted by Crippen LogP contribution is 2.06. The molecule has 19 heavy (non-hydrogen) atoms. The predicted octanol–water partition coefficient (Wildman–Crippen LogP) is 1.36. The summed E-state index contributed by atoms with van der Waals surface area (Å²) in [5.41, 5.74) is 0.682. The highest BCUT2D eigenvalue weighted by Gasteiger charge is 2.17. The molecular formula is C13H17N3O3. The molecule has 3 amide bonds. The number of hydrogen-bond acceptors (Lipinski definition) is 3. The van der Waals surface area contributed by atoms with E-state index >= 15 is 0 Å². The summed E-state index contributed by atoms with van der Waals surface area (Å²) in [7, 11) is 0. The van der Waals surface area contributed by atoms with E-state index in [9.17, 15) is 9.59 Å². The van der Waals surface area contributed by atoms with E-state index in [0.717, 1.165) is 12.8 Å². The molecule has 0 spiro atoms. The fourth-order valence-electron chi connectivity index (χ4n) is 1.73. The van der Waals surface area contributed by atoms with Gasteiger partial charge in [-0.1, -0.05) is 18.2 Å². The van der Waals surface area contributed by atoms with Crippen LogP contribution in [0.15, 0.2) is 30.3 Å². The highest BCUT2D eigenvalue weighted by atomic mass is 16.7. The van der Waals surface area contributed by atoms with Crippen molar-refractivity contribution in [1.29, 1.82) is 0 Å². The molecule has 0 aliphatic carbocycles. The zero-order valence-electron chi connectivity index (χ0n) is 10.6. The Labute approximate surface area is 111 Å². The summed E-state index contributed by atoms with van der Waals surface area (Å²) in [6.45, 7) is 1.07. The Morgan fingerprint density at radius 2 is 2.00 bits per heavy atom. The molecule has 0 unspecified atom stereocenters. The molecule has 2 N–H and O–H groups in total. The van der Waals surface area contributed by atoms with Crippen molar-refractivity contribution in [3.63, 3.8) is 0 Å². The number of amides is 3. The Morgan fingerprint density at radius 3 is 2.68 bits per heavy atom. The van der Waals surface area contributed by atoms with Gasteiger partial charge in [0.25, 0.3) is 5.91 Å². The Kier molecular flexibility index (Phi) is 4.74. The van der Waals surface area contributed by atoms with E-state index in [-0.39, 0.29) is 12.5 Å². The molecule has 1 aliphatic heterocycles. The third kappa shape index (κ3) is 4.26. The van der Waals surface area contributed by atoms with Crippen molar-refractivity contribution in [2.24, 2.45) is 0 Å². The van der Waals surface area contributed by atoms with Crippen LogP contribution < -0.4 is 10.6 Å². The molecule has 1 aliphatic rings. The van der Waals surface area contributed by atoms with Crippen LogP contribution in [0, 0.1) is 0 Å². The molecule has 102 valence electrons. The standard InChI is InChI=1S/C13H17N3O3/c17-12(16-8-4-5-9-19-16)10-14-13(18)15-11-6-2-1-3-7-11/h1-3,6-7H,4-5,8-10H2,(H2,14,15,18). The summed E-state index contributed by atoms with van der Waals surface area (Å²) in [6.07, 6.45) is 1.90. The Morgan fingerprint density at radius 1 is 1.21 bits per heavy atom. The van der Waals surface area contributed by atoms with Crippen LogP contribution in [0.5, 0.6) is 0 Å². The van der Waals surface area contributed by atoms with E-state index in [4.69, 9.17) is 4.84 Å². The second kappa shape index (κ2) is 6.75. The number of benzene rings is 1. The molecule has 6 heteroatoms. The molecule has 0 atom stereocenters. The summed E-state index contributed by atoms with van der Waals surface area (Å²) in [5, 5.41) is 6.46. The number of rotatable bonds is 3. The molecule has 1 heterocycles. The fourth-order valence-corrected chi connectivity index (χ4v) is 1.73. The molecule has 1 aromatic rings. The lowest BCUT2D eigenvalue weighted by Crippen LogP contribution is -2.43. The van der Waals surface area contributed by atoms with E-state index < -0.39 is 6.03 Å². The molecule has 2 rings (SSSR count). The molecule has 0 aromatic heterocycles. The van der Waals surface area contributed by atoms with E-state index in [2.05, 4.69) is 10.6 Å². The number of anilines is 1. The number of carbonyl (C=O) groups is 2. The van der Waals surface area contributed by atoms with Crippen LogP contribution in [-0.2, 0) is 9.63 Å². The van der Waals surface area contributed by atoms with Gasteiger partial charge in [-0.3, -0.25) is 9.63 Å². The molecule has 1 aromatic carbocycles. The minimum absolute atomic E-state index is 0.0708. The van der Waals surface area contributed by atoms with Gasteiger partial charge in [0.05, 0.1) is 6.61 Å². The van der Waals surface area contributed by atoms with Crippen LogP contribution in [0.2, 0.25) is 0 Å². The summed E-state index contributed by atoms with van der Waals surface area (Å²) < 4.78 is 0. The minimum Gasteiger partial charge on any atom is -0.329 e. The van der Waals surface area contributed by atoms with Crippen molar-refractivity contribution in [3.05, 3.63) is 30.3 Å². The number of hydrogen-bond donors (Lipinski definition) is 2. The first-order valence-electron chi connectivity index (χ1n) is 6.29. The maximum absolute atomic E-state index is 11.7. The fraction of sp³-hybridized carbons (Fsp3) is 0.385. The van der Waals surface area contributed by atoms with Crippen molar-refractivity contribution in [3.8, 4) is 0 Å². The van der Waals surface area contributed by atoms with Gasteiger partial charge in [-0.25, -0.2) is 9.86 Å². The summed E-state index contributed by atoms with van der Waals surface area (Å²) in [6, 6.07) is 8.64. The van der Waals surface area contributed by atoms with Crippen LogP contribution in [-0.4, -0.2) is 36.7 Å². The monoisotopic (exact) mass is 263 g/mol. The van der Waals surface area contributed by atoms with E-state index in [1.54, 1.807) is 12.1 Å². The normalized spacial score (nSPS) is 14.8. The number of nitrogens with zero attached hydrogens (tertiary/aromatic N) is 1. The maximum Gasteiger partial charge on any atom is 0.319 e. The largest absolute Gasteiger partial charge is 0.329 e. The zero-order chi connectivity index (χ0) is 13.5. The highest BCUT2D eigenvalue weighted by molar-refractivity contribution is 5.92. The number of urea groups is 1. The van der Waals surface area contributed by atoms with E-state index in [0.29, 0.717) is 18.8 Å². The SMILES string of the molecule is O=C(NCC(=O)N1CCCCO1)Nc1ccccc1. The average Bonchev–Trinajstić information content (AvgIpc) is 2.47. The van der Waals surface area contributed by atoms with Crippen molar-refractivity contribution in [2.45, 2.75) is 12.8 Å². The van der Waals surface area contributed by atoms with Crippen molar-refractivity contribution >= 4 is 17.6 Å². The lowest BCUT2D eigenvalue weighted by molar-refractivity contribution is -0.195. The van der Waals surface area contributed by atoms with Gasteiger partial charge < -0.3 is 10.6 Å². The van der Waals surface area contributed by atoms with Gasteiger partial charge in [0.15, 0.2) is 0 Å². The third-order valence-electron chi connectivity index (χ3n) is 2.71. The lowest BCUT2D eigenvalue weighted by atomic mass is 10.3. The smallest absolute Gasteiger partial charge is 0.319 e. The van der Waals surface area contributed by atoms with Crippen LogP contribution in [0.25, 0.3) is 0 Å².